The van der Waals surface area contributed by atoms with Crippen LogP contribution in [0.2, 0.25) is 0 Å². The number of aromatic nitrogens is 4. The second-order valence-electron chi connectivity index (χ2n) is 16.4. The average Bonchev–Trinajstić information content (AvgIpc) is 3.97. The van der Waals surface area contributed by atoms with E-state index in [2.05, 4.69) is 25.0 Å². The van der Waals surface area contributed by atoms with E-state index in [1.165, 1.54) is 24.3 Å². The minimum atomic E-state index is -5.25. The van der Waals surface area contributed by atoms with Crippen LogP contribution in [0.15, 0.2) is 61.2 Å². The highest BCUT2D eigenvalue weighted by Crippen LogP contribution is 2.42. The summed E-state index contributed by atoms with van der Waals surface area (Å²) in [6, 6.07) is -0.214. The summed E-state index contributed by atoms with van der Waals surface area (Å²) in [6.45, 7) is -6.38. The standard InChI is InChI=1S/C41H45F12N9O7/c1-38(2,40(48,49)50)30(57-36(66)68-5)32(64)56-28(11-20-7-9-21(10-8-20)23-14-54-61(16-23)34(44)45)29(63)19-60(59-33(65)31(58-37(67)69-6)39(3,4)41(51,52)53)18-25-26(42)12-22(13-27(25)43)24-15-55-62(17-24)35(46)47/h7-10,12-17,28-31,34-35,63H,11,18-19H2,1-6H3,(H,56,64)(H,57,66)(H,58,67)(H,59,65)/t28-,29-,30+,31+/m0/s1. The molecule has 0 unspecified atom stereocenters. The number of ether oxygens (including phenoxy) is 2. The number of benzene rings is 2. The van der Waals surface area contributed by atoms with Crippen molar-refractivity contribution in [2.75, 3.05) is 20.8 Å². The SMILES string of the molecule is COC(=O)N[C@H](C(=O)N[C@@H](Cc1ccc(-c2cnn(C(F)F)c2)cc1)[C@@H](O)CN(Cc1c(F)cc(-c2cnn(C(F)F)c2)cc1F)NC(=O)[C@@H](NC(=O)OC)C(C)(C)C(F)(F)F)C(C)(C)C(F)(F)F. The Bertz CT molecular complexity index is 2400. The molecule has 4 aromatic rings. The highest BCUT2D eigenvalue weighted by molar-refractivity contribution is 5.87. The van der Waals surface area contributed by atoms with Crippen molar-refractivity contribution in [1.29, 1.82) is 0 Å². The first-order valence-electron chi connectivity index (χ1n) is 20.0. The predicted molar refractivity (Wildman–Crippen MR) is 216 cm³/mol. The lowest BCUT2D eigenvalue weighted by atomic mass is 9.82. The zero-order valence-corrected chi connectivity index (χ0v) is 37.0. The van der Waals surface area contributed by atoms with Crippen LogP contribution in [0.1, 0.15) is 51.9 Å². The van der Waals surface area contributed by atoms with Crippen LogP contribution >= 0.6 is 0 Å². The van der Waals surface area contributed by atoms with Crippen LogP contribution in [0.4, 0.5) is 62.3 Å². The molecule has 2 aromatic heterocycles. The van der Waals surface area contributed by atoms with Crippen LogP contribution in [-0.4, -0.2) is 111 Å². The molecule has 0 aliphatic heterocycles. The molecule has 0 fully saturated rings. The average molecular weight is 1000 g/mol. The molecule has 69 heavy (non-hydrogen) atoms. The molecule has 0 radical (unpaired) electrons. The van der Waals surface area contributed by atoms with E-state index in [0.29, 0.717) is 55.1 Å². The Morgan fingerprint density at radius 2 is 1.12 bits per heavy atom. The van der Waals surface area contributed by atoms with E-state index in [1.54, 1.807) is 10.6 Å². The molecule has 380 valence electrons. The van der Waals surface area contributed by atoms with Gasteiger partial charge in [-0.15, -0.1) is 0 Å². The molecular weight excluding hydrogens is 958 g/mol. The highest BCUT2D eigenvalue weighted by Gasteiger charge is 2.57. The maximum Gasteiger partial charge on any atom is 0.407 e. The number of carbonyl (C=O) groups is 4. The first-order chi connectivity index (χ1) is 31.9. The third-order valence-corrected chi connectivity index (χ3v) is 11.0. The summed E-state index contributed by atoms with van der Waals surface area (Å²) in [5.74, 6) is -6.22. The fraction of sp³-hybridized carbons (Fsp3) is 0.463. The predicted octanol–water partition coefficient (Wildman–Crippen LogP) is 7.03. The number of nitrogens with zero attached hydrogens (tertiary/aromatic N) is 5. The van der Waals surface area contributed by atoms with E-state index in [1.807, 2.05) is 5.43 Å². The topological polar surface area (TPSA) is 194 Å². The molecule has 0 aliphatic carbocycles. The number of alkyl halides is 10. The lowest BCUT2D eigenvalue weighted by molar-refractivity contribution is -0.221. The summed E-state index contributed by atoms with van der Waals surface area (Å²) in [4.78, 5) is 52.2. The Kier molecular flexibility index (Phi) is 17.4. The van der Waals surface area contributed by atoms with Crippen LogP contribution in [0, 0.1) is 22.5 Å². The highest BCUT2D eigenvalue weighted by atomic mass is 19.4. The molecule has 2 heterocycles. The first-order valence-corrected chi connectivity index (χ1v) is 20.0. The van der Waals surface area contributed by atoms with Crippen molar-refractivity contribution in [3.8, 4) is 22.3 Å². The molecule has 5 N–H and O–H groups in total. The number of rotatable bonds is 19. The van der Waals surface area contributed by atoms with Gasteiger partial charge in [0.2, 0.25) is 5.91 Å². The minimum absolute atomic E-state index is 0.157. The number of hydrogen-bond acceptors (Lipinski definition) is 10. The molecule has 0 bridgehead atoms. The second kappa shape index (κ2) is 21.8. The smallest absolute Gasteiger partial charge is 0.407 e. The molecule has 16 nitrogen and oxygen atoms in total. The number of amides is 4. The van der Waals surface area contributed by atoms with Crippen molar-refractivity contribution in [3.05, 3.63) is 83.9 Å². The fourth-order valence-corrected chi connectivity index (χ4v) is 6.49. The summed E-state index contributed by atoms with van der Waals surface area (Å²) in [5, 5.41) is 25.0. The van der Waals surface area contributed by atoms with Gasteiger partial charge in [-0.3, -0.25) is 15.0 Å². The van der Waals surface area contributed by atoms with E-state index >= 15 is 8.78 Å². The van der Waals surface area contributed by atoms with Gasteiger partial charge in [-0.05, 0) is 62.9 Å². The zero-order chi connectivity index (χ0) is 52.0. The van der Waals surface area contributed by atoms with E-state index < -0.39 is 121 Å². The van der Waals surface area contributed by atoms with Crippen LogP contribution in [0.3, 0.4) is 0 Å². The van der Waals surface area contributed by atoms with Crippen molar-refractivity contribution in [1.82, 2.24) is 45.9 Å². The van der Waals surface area contributed by atoms with E-state index in [9.17, 15) is 68.2 Å². The summed E-state index contributed by atoms with van der Waals surface area (Å²) in [5.41, 5.74) is -5.08. The Morgan fingerprint density at radius 3 is 1.52 bits per heavy atom. The summed E-state index contributed by atoms with van der Waals surface area (Å²) in [7, 11) is 1.54. The lowest BCUT2D eigenvalue weighted by Crippen LogP contribution is -2.63. The number of nitrogens with one attached hydrogen (secondary N) is 4. The van der Waals surface area contributed by atoms with Gasteiger partial charge in [0.15, 0.2) is 0 Å². The monoisotopic (exact) mass is 1000 g/mol. The third-order valence-electron chi connectivity index (χ3n) is 11.0. The molecule has 4 rings (SSSR count). The quantitative estimate of drug-likeness (QED) is 0.0481. The van der Waals surface area contributed by atoms with Crippen molar-refractivity contribution in [2.24, 2.45) is 10.8 Å². The van der Waals surface area contributed by atoms with Crippen LogP contribution < -0.4 is 21.4 Å². The van der Waals surface area contributed by atoms with Gasteiger partial charge in [-0.1, -0.05) is 24.3 Å². The number of halogens is 12. The third kappa shape index (κ3) is 13.4. The number of methoxy groups -OCH3 is 2. The number of hydrogen-bond donors (Lipinski definition) is 5. The molecule has 0 spiro atoms. The van der Waals surface area contributed by atoms with Gasteiger partial charge in [0, 0.05) is 42.2 Å². The van der Waals surface area contributed by atoms with E-state index in [4.69, 9.17) is 0 Å². The Labute approximate surface area is 384 Å². The Morgan fingerprint density at radius 1 is 0.681 bits per heavy atom. The van der Waals surface area contributed by atoms with Gasteiger partial charge >= 0.3 is 37.6 Å². The molecule has 28 heteroatoms. The maximum atomic E-state index is 15.9. The van der Waals surface area contributed by atoms with Crippen molar-refractivity contribution in [2.45, 2.75) is 90.3 Å². The number of carbonyl (C=O) groups excluding carboxylic acids is 4. The van der Waals surface area contributed by atoms with Crippen molar-refractivity contribution in [3.63, 3.8) is 0 Å². The van der Waals surface area contributed by atoms with Gasteiger partial charge in [0.1, 0.15) is 23.7 Å². The normalized spacial score (nSPS) is 14.3. The largest absolute Gasteiger partial charge is 0.453 e. The molecule has 4 amide bonds. The van der Waals surface area contributed by atoms with Crippen molar-refractivity contribution < 1.29 is 86.4 Å². The van der Waals surface area contributed by atoms with Crippen LogP contribution in [0.25, 0.3) is 22.3 Å². The minimum Gasteiger partial charge on any atom is -0.453 e. The van der Waals surface area contributed by atoms with Crippen molar-refractivity contribution >= 4 is 24.0 Å². The number of aliphatic hydroxyl groups excluding tert-OH is 1. The van der Waals surface area contributed by atoms with Crippen LogP contribution in [-0.2, 0) is 32.0 Å². The van der Waals surface area contributed by atoms with Crippen LogP contribution in [0.5, 0.6) is 0 Å². The van der Waals surface area contributed by atoms with Gasteiger partial charge < -0.3 is 30.5 Å². The molecule has 0 aliphatic rings. The first kappa shape index (κ1) is 55.0. The molecule has 0 saturated heterocycles. The van der Waals surface area contributed by atoms with E-state index in [0.717, 1.165) is 39.0 Å². The van der Waals surface area contributed by atoms with Gasteiger partial charge in [-0.25, -0.2) is 32.7 Å². The van der Waals surface area contributed by atoms with E-state index in [-0.39, 0.29) is 26.9 Å². The lowest BCUT2D eigenvalue weighted by Gasteiger charge is -2.38. The Balaban J connectivity index is 1.83. The molecule has 2 aromatic carbocycles. The number of hydrazine groups is 1. The second-order valence-corrected chi connectivity index (χ2v) is 16.4. The van der Waals surface area contributed by atoms with Gasteiger partial charge in [-0.2, -0.15) is 54.1 Å². The fourth-order valence-electron chi connectivity index (χ4n) is 6.49. The zero-order valence-electron chi connectivity index (χ0n) is 37.0. The van der Waals surface area contributed by atoms with Gasteiger partial charge in [0.25, 0.3) is 5.91 Å². The molecule has 0 saturated carbocycles. The summed E-state index contributed by atoms with van der Waals surface area (Å²) >= 11 is 0. The number of alkyl carbamates (subject to hydrolysis) is 2. The molecule has 4 atom stereocenters. The summed E-state index contributed by atoms with van der Waals surface area (Å²) < 4.78 is 180. The maximum absolute atomic E-state index is 15.9. The Hall–Kier alpha value is -6.58. The van der Waals surface area contributed by atoms with Gasteiger partial charge in [0.05, 0.1) is 49.6 Å². The summed E-state index contributed by atoms with van der Waals surface area (Å²) in [6.07, 6.45) is -12.6. The number of aliphatic hydroxyl groups is 1. The molecular formula is C41H45F12N9O7.